The first kappa shape index (κ1) is 16.2. The van der Waals surface area contributed by atoms with Gasteiger partial charge in [-0.3, -0.25) is 4.79 Å². The lowest BCUT2D eigenvalue weighted by molar-refractivity contribution is -0.127. The van der Waals surface area contributed by atoms with Gasteiger partial charge in [0.05, 0.1) is 12.0 Å². The third-order valence-corrected chi connectivity index (χ3v) is 6.46. The number of nitrogens with two attached hydrogens (primary N) is 1. The van der Waals surface area contributed by atoms with Crippen LogP contribution in [0.25, 0.3) is 0 Å². The number of carbonyl (C=O) groups excluding carboxylic acids is 1. The fraction of sp³-hybridized carbons (Fsp3) is 0.611. The molecule has 3 N–H and O–H groups in total. The molecular formula is C18H23BrN2O3. The zero-order valence-corrected chi connectivity index (χ0v) is 15.3. The topological polar surface area (TPSA) is 73.6 Å². The highest BCUT2D eigenvalue weighted by Gasteiger charge is 2.49. The van der Waals surface area contributed by atoms with E-state index < -0.39 is 0 Å². The van der Waals surface area contributed by atoms with Gasteiger partial charge < -0.3 is 20.5 Å². The third-order valence-electron chi connectivity index (χ3n) is 5.77. The third kappa shape index (κ3) is 2.69. The van der Waals surface area contributed by atoms with Crippen molar-refractivity contribution in [2.45, 2.75) is 38.3 Å². The van der Waals surface area contributed by atoms with Crippen molar-refractivity contribution in [2.24, 2.45) is 23.5 Å². The number of hydrogen-bond donors (Lipinski definition) is 2. The van der Waals surface area contributed by atoms with Crippen LogP contribution in [0.2, 0.25) is 0 Å². The van der Waals surface area contributed by atoms with Crippen molar-refractivity contribution in [1.82, 2.24) is 5.32 Å². The van der Waals surface area contributed by atoms with E-state index in [-0.39, 0.29) is 23.9 Å². The van der Waals surface area contributed by atoms with Crippen molar-refractivity contribution in [3.8, 4) is 11.5 Å². The number of fused-ring (bicyclic) bond motifs is 3. The van der Waals surface area contributed by atoms with Crippen LogP contribution in [0.15, 0.2) is 16.6 Å². The summed E-state index contributed by atoms with van der Waals surface area (Å²) in [7, 11) is 0. The number of ether oxygens (including phenoxy) is 2. The van der Waals surface area contributed by atoms with Crippen LogP contribution in [-0.4, -0.2) is 25.2 Å². The van der Waals surface area contributed by atoms with Crippen LogP contribution in [-0.2, 0) is 4.79 Å². The highest BCUT2D eigenvalue weighted by atomic mass is 79.9. The molecule has 0 saturated heterocycles. The average molecular weight is 395 g/mol. The van der Waals surface area contributed by atoms with E-state index in [0.717, 1.165) is 34.4 Å². The quantitative estimate of drug-likeness (QED) is 0.826. The van der Waals surface area contributed by atoms with Gasteiger partial charge in [0, 0.05) is 10.5 Å². The van der Waals surface area contributed by atoms with Gasteiger partial charge in [0.1, 0.15) is 13.2 Å². The van der Waals surface area contributed by atoms with Gasteiger partial charge in [-0.2, -0.15) is 0 Å². The second-order valence-corrected chi connectivity index (χ2v) is 8.04. The normalized spacial score (nSPS) is 31.8. The highest BCUT2D eigenvalue weighted by molar-refractivity contribution is 9.10. The number of benzene rings is 1. The lowest BCUT2D eigenvalue weighted by atomic mass is 9.84. The van der Waals surface area contributed by atoms with E-state index in [0.29, 0.717) is 25.0 Å². The molecule has 1 amide bonds. The summed E-state index contributed by atoms with van der Waals surface area (Å²) in [6, 6.07) is 3.76. The van der Waals surface area contributed by atoms with Crippen LogP contribution in [0.4, 0.5) is 0 Å². The van der Waals surface area contributed by atoms with E-state index >= 15 is 0 Å². The zero-order chi connectivity index (χ0) is 16.8. The molecule has 4 rings (SSSR count). The Labute approximate surface area is 150 Å². The van der Waals surface area contributed by atoms with Gasteiger partial charge in [-0.15, -0.1) is 0 Å². The zero-order valence-electron chi connectivity index (χ0n) is 13.8. The maximum Gasteiger partial charge on any atom is 0.225 e. The summed E-state index contributed by atoms with van der Waals surface area (Å²) in [5, 5.41) is 3.16. The first-order chi connectivity index (χ1) is 11.5. The number of carbonyl (C=O) groups is 1. The molecule has 2 saturated carbocycles. The minimum Gasteiger partial charge on any atom is -0.486 e. The van der Waals surface area contributed by atoms with Crippen molar-refractivity contribution < 1.29 is 14.3 Å². The highest BCUT2D eigenvalue weighted by Crippen LogP contribution is 2.48. The molecule has 0 aromatic heterocycles. The van der Waals surface area contributed by atoms with Crippen LogP contribution in [0.1, 0.15) is 37.8 Å². The fourth-order valence-electron chi connectivity index (χ4n) is 4.52. The van der Waals surface area contributed by atoms with E-state index in [2.05, 4.69) is 21.2 Å². The standard InChI is InChI=1S/C18H23BrN2O3/c1-9(12-7-14-15(8-13(12)19)24-5-4-23-14)21-18(22)16-10-2-3-11(6-10)17(16)20/h7-11,16-17H,2-6,20H2,1H3,(H,21,22). The largest absolute Gasteiger partial charge is 0.486 e. The number of hydrogen-bond acceptors (Lipinski definition) is 4. The second-order valence-electron chi connectivity index (χ2n) is 7.18. The van der Waals surface area contributed by atoms with Crippen LogP contribution in [0.5, 0.6) is 11.5 Å². The van der Waals surface area contributed by atoms with Crippen molar-refractivity contribution in [1.29, 1.82) is 0 Å². The summed E-state index contributed by atoms with van der Waals surface area (Å²) in [5.74, 6) is 2.51. The Bertz CT molecular complexity index is 664. The molecule has 0 spiro atoms. The SMILES string of the molecule is CC(NC(=O)C1C2CCC(C2)C1N)c1cc2c(cc1Br)OCCO2. The first-order valence-electron chi connectivity index (χ1n) is 8.69. The second kappa shape index (κ2) is 6.23. The van der Waals surface area contributed by atoms with E-state index in [1.54, 1.807) is 0 Å². The number of halogens is 1. The van der Waals surface area contributed by atoms with E-state index in [4.69, 9.17) is 15.2 Å². The molecule has 2 bridgehead atoms. The minimum absolute atomic E-state index is 0.0136. The van der Waals surface area contributed by atoms with Gasteiger partial charge in [-0.25, -0.2) is 0 Å². The Morgan fingerprint density at radius 2 is 1.92 bits per heavy atom. The minimum atomic E-state index is -0.117. The number of rotatable bonds is 3. The maximum absolute atomic E-state index is 12.8. The molecule has 24 heavy (non-hydrogen) atoms. The summed E-state index contributed by atoms with van der Waals surface area (Å²) in [6.07, 6.45) is 3.43. The lowest BCUT2D eigenvalue weighted by Gasteiger charge is -2.29. The Balaban J connectivity index is 1.50. The maximum atomic E-state index is 12.8. The number of nitrogens with one attached hydrogen (secondary N) is 1. The average Bonchev–Trinajstić information content (AvgIpc) is 3.15. The molecule has 6 heteroatoms. The first-order valence-corrected chi connectivity index (χ1v) is 9.49. The molecule has 0 radical (unpaired) electrons. The summed E-state index contributed by atoms with van der Waals surface area (Å²) in [5.41, 5.74) is 7.28. The Kier molecular flexibility index (Phi) is 4.21. The molecule has 2 fully saturated rings. The predicted molar refractivity (Wildman–Crippen MR) is 94.0 cm³/mol. The molecular weight excluding hydrogens is 372 g/mol. The van der Waals surface area contributed by atoms with Crippen molar-refractivity contribution in [3.05, 3.63) is 22.2 Å². The fourth-order valence-corrected chi connectivity index (χ4v) is 5.19. The van der Waals surface area contributed by atoms with Gasteiger partial charge >= 0.3 is 0 Å². The molecule has 1 aliphatic heterocycles. The molecule has 130 valence electrons. The molecule has 1 aromatic rings. The number of amides is 1. The van der Waals surface area contributed by atoms with Crippen LogP contribution >= 0.6 is 15.9 Å². The molecule has 1 heterocycles. The summed E-state index contributed by atoms with van der Waals surface area (Å²) < 4.78 is 12.2. The molecule has 1 aromatic carbocycles. The van der Waals surface area contributed by atoms with Gasteiger partial charge in [0.15, 0.2) is 11.5 Å². The summed E-state index contributed by atoms with van der Waals surface area (Å²) in [4.78, 5) is 12.8. The monoisotopic (exact) mass is 394 g/mol. The lowest BCUT2D eigenvalue weighted by Crippen LogP contribution is -2.45. The Morgan fingerprint density at radius 3 is 2.58 bits per heavy atom. The summed E-state index contributed by atoms with van der Waals surface area (Å²) in [6.45, 7) is 3.11. The molecule has 3 aliphatic rings. The van der Waals surface area contributed by atoms with Crippen LogP contribution < -0.4 is 20.5 Å². The summed E-state index contributed by atoms with van der Waals surface area (Å²) >= 11 is 3.58. The van der Waals surface area contributed by atoms with Gasteiger partial charge in [-0.05, 0) is 55.7 Å². The van der Waals surface area contributed by atoms with Gasteiger partial charge in [-0.1, -0.05) is 15.9 Å². The smallest absolute Gasteiger partial charge is 0.225 e. The molecule has 2 aliphatic carbocycles. The van der Waals surface area contributed by atoms with E-state index in [1.165, 1.54) is 6.42 Å². The molecule has 5 unspecified atom stereocenters. The van der Waals surface area contributed by atoms with Gasteiger partial charge in [0.25, 0.3) is 0 Å². The Hall–Kier alpha value is -1.27. The van der Waals surface area contributed by atoms with Crippen molar-refractivity contribution in [3.63, 3.8) is 0 Å². The van der Waals surface area contributed by atoms with E-state index in [9.17, 15) is 4.79 Å². The van der Waals surface area contributed by atoms with Crippen molar-refractivity contribution in [2.75, 3.05) is 13.2 Å². The van der Waals surface area contributed by atoms with Crippen LogP contribution in [0.3, 0.4) is 0 Å². The van der Waals surface area contributed by atoms with E-state index in [1.807, 2.05) is 19.1 Å². The van der Waals surface area contributed by atoms with Gasteiger partial charge in [0.2, 0.25) is 5.91 Å². The Morgan fingerprint density at radius 1 is 1.25 bits per heavy atom. The predicted octanol–water partition coefficient (Wildman–Crippen LogP) is 2.77. The van der Waals surface area contributed by atoms with Crippen molar-refractivity contribution >= 4 is 21.8 Å². The van der Waals surface area contributed by atoms with Crippen LogP contribution in [0, 0.1) is 17.8 Å². The molecule has 5 atom stereocenters. The molecule has 5 nitrogen and oxygen atoms in total.